The molecule has 2 atom stereocenters. The van der Waals surface area contributed by atoms with Crippen molar-refractivity contribution < 1.29 is 30.0 Å². The van der Waals surface area contributed by atoms with E-state index in [-0.39, 0.29) is 29.6 Å². The Bertz CT molecular complexity index is 137. The number of carboxylic acid groups (broad SMARTS) is 2. The fourth-order valence-electron chi connectivity index (χ4n) is 0. The molecule has 6 nitrogen and oxygen atoms in total. The molecule has 0 aliphatic rings. The molecule has 0 amide bonds. The molecule has 0 bridgehead atoms. The fourth-order valence-corrected chi connectivity index (χ4v) is 0. The van der Waals surface area contributed by atoms with Crippen molar-refractivity contribution in [3.63, 3.8) is 0 Å². The van der Waals surface area contributed by atoms with Crippen molar-refractivity contribution in [3.05, 3.63) is 0 Å². The van der Waals surface area contributed by atoms with E-state index in [1.165, 1.54) is 13.8 Å². The summed E-state index contributed by atoms with van der Waals surface area (Å²) in [4.78, 5) is 18.9. The predicted octanol–water partition coefficient (Wildman–Crippen LogP) is -1.48. The fraction of sp³-hybridized carbons (Fsp3) is 0.667. The van der Waals surface area contributed by atoms with Gasteiger partial charge in [-0.2, -0.15) is 0 Å². The second-order valence-electron chi connectivity index (χ2n) is 2.03. The Hall–Kier alpha value is -0.140. The minimum Gasteiger partial charge on any atom is -0.479 e. The van der Waals surface area contributed by atoms with E-state index in [1.807, 2.05) is 0 Å². The van der Waals surface area contributed by atoms with Gasteiger partial charge in [0.15, 0.2) is 0 Å². The number of aliphatic carboxylic acids is 2. The maximum atomic E-state index is 9.45. The number of aliphatic hydroxyl groups excluding tert-OH is 2. The first-order chi connectivity index (χ1) is 5.29. The molecule has 73 valence electrons. The van der Waals surface area contributed by atoms with Crippen molar-refractivity contribution in [2.24, 2.45) is 0 Å². The van der Waals surface area contributed by atoms with Crippen molar-refractivity contribution in [1.29, 1.82) is 0 Å². The third kappa shape index (κ3) is 18.7. The molecular formula is C6H12NaO6. The molecule has 0 heterocycles. The van der Waals surface area contributed by atoms with E-state index in [0.717, 1.165) is 0 Å². The molecule has 0 aromatic carbocycles. The summed E-state index contributed by atoms with van der Waals surface area (Å²) < 4.78 is 0. The monoisotopic (exact) mass is 203 g/mol. The number of hydrogen-bond donors (Lipinski definition) is 4. The van der Waals surface area contributed by atoms with E-state index in [1.54, 1.807) is 0 Å². The van der Waals surface area contributed by atoms with Crippen LogP contribution in [-0.2, 0) is 9.59 Å². The zero-order valence-corrected chi connectivity index (χ0v) is 9.76. The van der Waals surface area contributed by atoms with Gasteiger partial charge in [0.1, 0.15) is 12.2 Å². The van der Waals surface area contributed by atoms with Gasteiger partial charge in [-0.1, -0.05) is 0 Å². The molecule has 0 saturated carbocycles. The van der Waals surface area contributed by atoms with Gasteiger partial charge in [0.25, 0.3) is 0 Å². The minimum absolute atomic E-state index is 0. The molecule has 0 aliphatic carbocycles. The molecule has 0 aromatic rings. The van der Waals surface area contributed by atoms with Crippen LogP contribution in [0, 0.1) is 0 Å². The van der Waals surface area contributed by atoms with Crippen LogP contribution in [0.3, 0.4) is 0 Å². The van der Waals surface area contributed by atoms with Gasteiger partial charge in [-0.15, -0.1) is 0 Å². The summed E-state index contributed by atoms with van der Waals surface area (Å²) in [6.45, 7) is 2.39. The molecule has 1 radical (unpaired) electrons. The van der Waals surface area contributed by atoms with Gasteiger partial charge < -0.3 is 20.4 Å². The Morgan fingerprint density at radius 3 is 1.00 bits per heavy atom. The van der Waals surface area contributed by atoms with Gasteiger partial charge >= 0.3 is 11.9 Å². The maximum Gasteiger partial charge on any atom is 0.332 e. The van der Waals surface area contributed by atoms with Crippen LogP contribution in [-0.4, -0.2) is 74.1 Å². The second kappa shape index (κ2) is 9.94. The largest absolute Gasteiger partial charge is 0.479 e. The number of carboxylic acids is 2. The molecule has 0 saturated heterocycles. The number of hydrogen-bond acceptors (Lipinski definition) is 4. The van der Waals surface area contributed by atoms with Crippen molar-refractivity contribution >= 4 is 41.5 Å². The smallest absolute Gasteiger partial charge is 0.332 e. The SMILES string of the molecule is CC(O)C(=O)O.CC(O)C(=O)O.[Na]. The topological polar surface area (TPSA) is 115 Å². The van der Waals surface area contributed by atoms with Crippen molar-refractivity contribution in [1.82, 2.24) is 0 Å². The van der Waals surface area contributed by atoms with Crippen LogP contribution in [0.4, 0.5) is 0 Å². The Kier molecular flexibility index (Phi) is 14.2. The minimum atomic E-state index is -1.23. The average Bonchev–Trinajstić information content (AvgIpc) is 1.88. The summed E-state index contributed by atoms with van der Waals surface area (Å²) in [7, 11) is 0. The van der Waals surface area contributed by atoms with Gasteiger partial charge in [0.2, 0.25) is 0 Å². The molecule has 7 heteroatoms. The van der Waals surface area contributed by atoms with Crippen molar-refractivity contribution in [2.75, 3.05) is 0 Å². The second-order valence-corrected chi connectivity index (χ2v) is 2.03. The van der Waals surface area contributed by atoms with Crippen LogP contribution >= 0.6 is 0 Å². The van der Waals surface area contributed by atoms with Gasteiger partial charge in [0.05, 0.1) is 0 Å². The summed E-state index contributed by atoms with van der Waals surface area (Å²) in [5.41, 5.74) is 0. The van der Waals surface area contributed by atoms with E-state index >= 15 is 0 Å². The number of aliphatic hydroxyl groups is 2. The van der Waals surface area contributed by atoms with Crippen LogP contribution in [0.25, 0.3) is 0 Å². The Balaban J connectivity index is -0.000000143. The molecule has 2 unspecified atom stereocenters. The van der Waals surface area contributed by atoms with Gasteiger partial charge in [-0.05, 0) is 13.8 Å². The van der Waals surface area contributed by atoms with Crippen LogP contribution in [0.2, 0.25) is 0 Å². The van der Waals surface area contributed by atoms with E-state index < -0.39 is 24.1 Å². The Labute approximate surface area is 97.5 Å². The summed E-state index contributed by atoms with van der Waals surface area (Å²) in [6, 6.07) is 0. The third-order valence-corrected chi connectivity index (χ3v) is 0.715. The molecular weight excluding hydrogens is 191 g/mol. The van der Waals surface area contributed by atoms with Gasteiger partial charge in [-0.25, -0.2) is 9.59 Å². The molecule has 0 aliphatic heterocycles. The third-order valence-electron chi connectivity index (χ3n) is 0.715. The van der Waals surface area contributed by atoms with E-state index in [4.69, 9.17) is 20.4 Å². The molecule has 13 heavy (non-hydrogen) atoms. The maximum absolute atomic E-state index is 9.45. The average molecular weight is 203 g/mol. The van der Waals surface area contributed by atoms with Gasteiger partial charge in [0, 0.05) is 29.6 Å². The molecule has 4 N–H and O–H groups in total. The van der Waals surface area contributed by atoms with Crippen LogP contribution in [0.15, 0.2) is 0 Å². The quantitative estimate of drug-likeness (QED) is 0.407. The van der Waals surface area contributed by atoms with Gasteiger partial charge in [-0.3, -0.25) is 0 Å². The molecule has 0 spiro atoms. The predicted molar refractivity (Wildman–Crippen MR) is 44.4 cm³/mol. The summed E-state index contributed by atoms with van der Waals surface area (Å²) in [5, 5.41) is 31.5. The van der Waals surface area contributed by atoms with E-state index in [2.05, 4.69) is 0 Å². The van der Waals surface area contributed by atoms with Crippen LogP contribution in [0.5, 0.6) is 0 Å². The van der Waals surface area contributed by atoms with E-state index in [9.17, 15) is 9.59 Å². The summed E-state index contributed by atoms with van der Waals surface area (Å²) in [6.07, 6.45) is -2.46. The summed E-state index contributed by atoms with van der Waals surface area (Å²) in [5.74, 6) is -2.37. The van der Waals surface area contributed by atoms with Crippen LogP contribution < -0.4 is 0 Å². The first kappa shape index (κ1) is 18.6. The zero-order chi connectivity index (χ0) is 10.3. The normalized spacial score (nSPS) is 12.6. The first-order valence-corrected chi connectivity index (χ1v) is 3.10. The van der Waals surface area contributed by atoms with Crippen molar-refractivity contribution in [2.45, 2.75) is 26.1 Å². The summed E-state index contributed by atoms with van der Waals surface area (Å²) >= 11 is 0. The molecule has 0 fully saturated rings. The first-order valence-electron chi connectivity index (χ1n) is 3.10. The Morgan fingerprint density at radius 1 is 0.923 bits per heavy atom. The molecule has 0 rings (SSSR count). The Morgan fingerprint density at radius 2 is 1.00 bits per heavy atom. The number of rotatable bonds is 2. The number of carbonyl (C=O) groups is 2. The molecule has 0 aromatic heterocycles. The standard InChI is InChI=1S/2C3H6O3.Na/c2*1-2(4)3(5)6;/h2*2,4H,1H3,(H,5,6);. The van der Waals surface area contributed by atoms with Crippen LogP contribution in [0.1, 0.15) is 13.8 Å². The van der Waals surface area contributed by atoms with E-state index in [0.29, 0.717) is 0 Å². The van der Waals surface area contributed by atoms with Crippen molar-refractivity contribution in [3.8, 4) is 0 Å². The zero-order valence-electron chi connectivity index (χ0n) is 7.76.